The zero-order valence-corrected chi connectivity index (χ0v) is 19.6. The molecule has 1 atom stereocenters. The van der Waals surface area contributed by atoms with Crippen molar-refractivity contribution in [2.45, 2.75) is 37.6 Å². The third-order valence-electron chi connectivity index (χ3n) is 5.32. The summed E-state index contributed by atoms with van der Waals surface area (Å²) in [6, 6.07) is 13.8. The topological polar surface area (TPSA) is 75.7 Å². The summed E-state index contributed by atoms with van der Waals surface area (Å²) in [5, 5.41) is 2.89. The van der Waals surface area contributed by atoms with Crippen LogP contribution in [0.1, 0.15) is 38.3 Å². The Balaban J connectivity index is 1.53. The molecule has 2 aromatic rings. The minimum absolute atomic E-state index is 0.142. The third-order valence-corrected chi connectivity index (χ3v) is 7.76. The van der Waals surface area contributed by atoms with Gasteiger partial charge < -0.3 is 10.1 Å². The number of ether oxygens (including phenoxy) is 1. The van der Waals surface area contributed by atoms with Crippen LogP contribution in [0.2, 0.25) is 0 Å². The van der Waals surface area contributed by atoms with E-state index in [1.165, 1.54) is 12.1 Å². The van der Waals surface area contributed by atoms with Crippen molar-refractivity contribution >= 4 is 31.9 Å². The molecule has 1 N–H and O–H groups in total. The molecule has 6 nitrogen and oxygen atoms in total. The smallest absolute Gasteiger partial charge is 0.258 e. The number of amides is 1. The predicted molar refractivity (Wildman–Crippen MR) is 120 cm³/mol. The van der Waals surface area contributed by atoms with E-state index in [4.69, 9.17) is 4.74 Å². The molecule has 30 heavy (non-hydrogen) atoms. The zero-order chi connectivity index (χ0) is 21.7. The molecule has 0 radical (unpaired) electrons. The molecule has 0 aliphatic carbocycles. The minimum Gasteiger partial charge on any atom is -0.484 e. The number of nitrogens with one attached hydrogen (secondary N) is 1. The van der Waals surface area contributed by atoms with Gasteiger partial charge >= 0.3 is 0 Å². The molecule has 0 spiro atoms. The van der Waals surface area contributed by atoms with Gasteiger partial charge in [-0.05, 0) is 67.6 Å². The highest BCUT2D eigenvalue weighted by atomic mass is 79.9. The lowest BCUT2D eigenvalue weighted by molar-refractivity contribution is -0.123. The SMILES string of the molecule is CC1CCN(S(=O)(=O)c2ccc(OCC(=O)N[C@H](C)c3ccc(Br)cc3)cc2)CC1. The van der Waals surface area contributed by atoms with E-state index in [9.17, 15) is 13.2 Å². The highest BCUT2D eigenvalue weighted by molar-refractivity contribution is 9.10. The first-order chi connectivity index (χ1) is 14.3. The maximum Gasteiger partial charge on any atom is 0.258 e. The number of carbonyl (C=O) groups is 1. The lowest BCUT2D eigenvalue weighted by Crippen LogP contribution is -2.37. The van der Waals surface area contributed by atoms with Gasteiger partial charge in [0.1, 0.15) is 5.75 Å². The Kier molecular flexibility index (Phi) is 7.55. The number of halogens is 1. The van der Waals surface area contributed by atoms with Gasteiger partial charge in [-0.1, -0.05) is 35.0 Å². The van der Waals surface area contributed by atoms with Gasteiger partial charge in [0.15, 0.2) is 6.61 Å². The summed E-state index contributed by atoms with van der Waals surface area (Å²) in [5.41, 5.74) is 0.994. The van der Waals surface area contributed by atoms with Gasteiger partial charge in [-0.25, -0.2) is 8.42 Å². The lowest BCUT2D eigenvalue weighted by atomic mass is 10.0. The Hall–Kier alpha value is -1.90. The van der Waals surface area contributed by atoms with Gasteiger partial charge in [0.25, 0.3) is 5.91 Å². The first-order valence-electron chi connectivity index (χ1n) is 10.0. The summed E-state index contributed by atoms with van der Waals surface area (Å²) in [6.07, 6.45) is 1.77. The second kappa shape index (κ2) is 9.94. The molecule has 0 saturated carbocycles. The van der Waals surface area contributed by atoms with E-state index in [-0.39, 0.29) is 23.5 Å². The number of sulfonamides is 1. The van der Waals surface area contributed by atoms with E-state index in [0.717, 1.165) is 22.9 Å². The van der Waals surface area contributed by atoms with E-state index >= 15 is 0 Å². The van der Waals surface area contributed by atoms with E-state index in [1.807, 2.05) is 31.2 Å². The van der Waals surface area contributed by atoms with Crippen molar-refractivity contribution in [1.82, 2.24) is 9.62 Å². The van der Waals surface area contributed by atoms with E-state index < -0.39 is 10.0 Å². The van der Waals surface area contributed by atoms with Crippen LogP contribution >= 0.6 is 15.9 Å². The first kappa shape index (κ1) is 22.8. The largest absolute Gasteiger partial charge is 0.484 e. The van der Waals surface area contributed by atoms with Gasteiger partial charge in [-0.3, -0.25) is 4.79 Å². The van der Waals surface area contributed by atoms with Crippen LogP contribution in [0, 0.1) is 5.92 Å². The van der Waals surface area contributed by atoms with Crippen molar-refractivity contribution in [2.24, 2.45) is 5.92 Å². The van der Waals surface area contributed by atoms with E-state index in [0.29, 0.717) is 24.8 Å². The van der Waals surface area contributed by atoms with Crippen LogP contribution in [0.3, 0.4) is 0 Å². The highest BCUT2D eigenvalue weighted by Crippen LogP contribution is 2.25. The van der Waals surface area contributed by atoms with Crippen molar-refractivity contribution in [1.29, 1.82) is 0 Å². The molecule has 1 aliphatic heterocycles. The molecule has 2 aromatic carbocycles. The van der Waals surface area contributed by atoms with Crippen LogP contribution in [0.5, 0.6) is 5.75 Å². The molecule has 0 aromatic heterocycles. The Labute approximate surface area is 186 Å². The van der Waals surface area contributed by atoms with Crippen molar-refractivity contribution in [3.63, 3.8) is 0 Å². The quantitative estimate of drug-likeness (QED) is 0.627. The Bertz CT molecular complexity index is 954. The summed E-state index contributed by atoms with van der Waals surface area (Å²) >= 11 is 3.39. The Morgan fingerprint density at radius 3 is 2.33 bits per heavy atom. The minimum atomic E-state index is -3.49. The lowest BCUT2D eigenvalue weighted by Gasteiger charge is -2.29. The highest BCUT2D eigenvalue weighted by Gasteiger charge is 2.27. The van der Waals surface area contributed by atoms with Crippen LogP contribution in [-0.4, -0.2) is 38.3 Å². The molecular formula is C22H27BrN2O4S. The number of rotatable bonds is 7. The number of piperidine rings is 1. The molecule has 3 rings (SSSR count). The van der Waals surface area contributed by atoms with Gasteiger partial charge in [-0.15, -0.1) is 0 Å². The van der Waals surface area contributed by atoms with Crippen LogP contribution in [-0.2, 0) is 14.8 Å². The van der Waals surface area contributed by atoms with Crippen molar-refractivity contribution in [3.8, 4) is 5.75 Å². The van der Waals surface area contributed by atoms with Crippen molar-refractivity contribution < 1.29 is 17.9 Å². The molecule has 1 aliphatic rings. The summed E-state index contributed by atoms with van der Waals surface area (Å²) in [6.45, 7) is 5.02. The molecule has 0 bridgehead atoms. The van der Waals surface area contributed by atoms with Gasteiger partial charge in [0.05, 0.1) is 10.9 Å². The number of benzene rings is 2. The summed E-state index contributed by atoms with van der Waals surface area (Å²) in [4.78, 5) is 12.4. The fraction of sp³-hybridized carbons (Fsp3) is 0.409. The molecule has 1 saturated heterocycles. The van der Waals surface area contributed by atoms with Crippen LogP contribution in [0.4, 0.5) is 0 Å². The normalized spacial score (nSPS) is 16.8. The molecule has 0 unspecified atom stereocenters. The maximum atomic E-state index is 12.8. The van der Waals surface area contributed by atoms with Crippen LogP contribution < -0.4 is 10.1 Å². The van der Waals surface area contributed by atoms with Crippen molar-refractivity contribution in [2.75, 3.05) is 19.7 Å². The summed E-state index contributed by atoms with van der Waals surface area (Å²) in [7, 11) is -3.49. The third kappa shape index (κ3) is 5.83. The molecule has 1 fully saturated rings. The molecule has 162 valence electrons. The van der Waals surface area contributed by atoms with E-state index in [1.54, 1.807) is 16.4 Å². The first-order valence-corrected chi connectivity index (χ1v) is 12.3. The Morgan fingerprint density at radius 1 is 1.13 bits per heavy atom. The molecular weight excluding hydrogens is 468 g/mol. The summed E-state index contributed by atoms with van der Waals surface area (Å²) in [5.74, 6) is 0.766. The monoisotopic (exact) mass is 494 g/mol. The average molecular weight is 495 g/mol. The number of nitrogens with zero attached hydrogens (tertiary/aromatic N) is 1. The van der Waals surface area contributed by atoms with Gasteiger partial charge in [0.2, 0.25) is 10.0 Å². The molecule has 1 heterocycles. The van der Waals surface area contributed by atoms with E-state index in [2.05, 4.69) is 28.2 Å². The van der Waals surface area contributed by atoms with Gasteiger partial charge in [-0.2, -0.15) is 4.31 Å². The zero-order valence-electron chi connectivity index (χ0n) is 17.2. The second-order valence-corrected chi connectivity index (χ2v) is 10.5. The predicted octanol–water partition coefficient (Wildman–Crippen LogP) is 4.13. The number of hydrogen-bond donors (Lipinski definition) is 1. The summed E-state index contributed by atoms with van der Waals surface area (Å²) < 4.78 is 33.6. The van der Waals surface area contributed by atoms with Crippen LogP contribution in [0.15, 0.2) is 57.9 Å². The van der Waals surface area contributed by atoms with Gasteiger partial charge in [0, 0.05) is 17.6 Å². The number of hydrogen-bond acceptors (Lipinski definition) is 4. The Morgan fingerprint density at radius 2 is 1.73 bits per heavy atom. The molecule has 1 amide bonds. The maximum absolute atomic E-state index is 12.8. The standard InChI is InChI=1S/C22H27BrN2O4S/c1-16-11-13-25(14-12-16)30(27,28)21-9-7-20(8-10-21)29-15-22(26)24-17(2)18-3-5-19(23)6-4-18/h3-10,16-17H,11-15H2,1-2H3,(H,24,26)/t17-/m1/s1. The molecule has 8 heteroatoms. The second-order valence-electron chi connectivity index (χ2n) is 7.69. The van der Waals surface area contributed by atoms with Crippen LogP contribution in [0.25, 0.3) is 0 Å². The number of carbonyl (C=O) groups excluding carboxylic acids is 1. The van der Waals surface area contributed by atoms with Crippen molar-refractivity contribution in [3.05, 3.63) is 58.6 Å². The fourth-order valence-corrected chi connectivity index (χ4v) is 5.08. The average Bonchev–Trinajstić information content (AvgIpc) is 2.73. The fourth-order valence-electron chi connectivity index (χ4n) is 3.35.